The third-order valence-electron chi connectivity index (χ3n) is 4.37. The fraction of sp³-hybridized carbons (Fsp3) is 0. The topological polar surface area (TPSA) is 408 Å². The van der Waals surface area contributed by atoms with Crippen LogP contribution in [0.4, 0.5) is 0 Å². The predicted molar refractivity (Wildman–Crippen MR) is 146 cm³/mol. The second kappa shape index (κ2) is 39.4. The molecule has 0 bridgehead atoms. The molecular weight excluding hydrogens is 823 g/mol. The number of carboxylic acid groups (broad SMARTS) is 5. The van der Waals surface area contributed by atoms with E-state index in [-0.39, 0.29) is 112 Å². The van der Waals surface area contributed by atoms with E-state index in [1.54, 1.807) is 60.7 Å². The van der Waals surface area contributed by atoms with Crippen molar-refractivity contribution in [1.29, 1.82) is 0 Å². The van der Waals surface area contributed by atoms with Crippen molar-refractivity contribution in [3.63, 3.8) is 0 Å². The fourth-order valence-electron chi connectivity index (χ4n) is 2.42. The van der Waals surface area contributed by atoms with Crippen LogP contribution in [0.1, 0.15) is 52.4 Å². The first-order valence-electron chi connectivity index (χ1n) is 12.1. The minimum absolute atomic E-state index is 0. The zero-order valence-electron chi connectivity index (χ0n) is 26.2. The second-order valence-corrected chi connectivity index (χ2v) is 7.51. The Hall–Kier alpha value is -5.35. The molecule has 5 aromatic heterocycles. The zero-order chi connectivity index (χ0) is 33.5. The van der Waals surface area contributed by atoms with E-state index in [1.165, 1.54) is 61.3 Å². The van der Waals surface area contributed by atoms with Crippen molar-refractivity contribution in [1.82, 2.24) is 24.9 Å². The van der Waals surface area contributed by atoms with Crippen molar-refractivity contribution in [3.8, 4) is 0 Å². The van der Waals surface area contributed by atoms with E-state index in [4.69, 9.17) is 0 Å². The molecule has 5 rings (SSSR count). The monoisotopic (exact) mass is 843 g/mol. The van der Waals surface area contributed by atoms with Crippen molar-refractivity contribution in [2.45, 2.75) is 0 Å². The Morgan fingerprint density at radius 2 is 0.434 bits per heavy atom. The number of nitrogens with zero attached hydrogens (tertiary/aromatic N) is 5. The van der Waals surface area contributed by atoms with Crippen LogP contribution in [-0.2, 0) is 83.0 Å². The van der Waals surface area contributed by atoms with Crippen LogP contribution < -0.4 is 25.5 Å². The minimum atomic E-state index is -1.24. The SMILES string of the molecule is O=C([O-])c1ccccn1.O=C([O-])c1ccccn1.O=C([O-])c1ccccn1.O=C([O-])c1ccccn1.O=C([O-])c1ccccn1.[O-2].[O-2].[O-2].[O-2].[O-2].[V].[V].[V]. The van der Waals surface area contributed by atoms with Crippen LogP contribution >= 0.6 is 0 Å². The third kappa shape index (κ3) is 31.1. The van der Waals surface area contributed by atoms with E-state index in [0.29, 0.717) is 0 Å². The van der Waals surface area contributed by atoms with Crippen LogP contribution in [0.2, 0.25) is 0 Å². The average molecular weight is 843 g/mol. The van der Waals surface area contributed by atoms with Gasteiger partial charge < -0.3 is 76.9 Å². The molecule has 20 nitrogen and oxygen atoms in total. The van der Waals surface area contributed by atoms with Crippen molar-refractivity contribution < 1.29 is 133 Å². The summed E-state index contributed by atoms with van der Waals surface area (Å²) in [5, 5.41) is 50.1. The number of hydrogen-bond acceptors (Lipinski definition) is 15. The molecule has 0 atom stereocenters. The van der Waals surface area contributed by atoms with Gasteiger partial charge in [0.05, 0.1) is 58.3 Å². The summed E-state index contributed by atoms with van der Waals surface area (Å²) in [5.74, 6) is -6.20. The maximum atomic E-state index is 10.0. The summed E-state index contributed by atoms with van der Waals surface area (Å²) in [6, 6.07) is 23.1. The third-order valence-corrected chi connectivity index (χ3v) is 4.37. The molecule has 5 aromatic rings. The maximum Gasteiger partial charge on any atom is 0.0899 e. The minimum Gasteiger partial charge on any atom is -2.00 e. The molecule has 0 aliphatic heterocycles. The van der Waals surface area contributed by atoms with E-state index in [0.717, 1.165) is 0 Å². The molecule has 23 heteroatoms. The Morgan fingerprint density at radius 1 is 0.302 bits per heavy atom. The summed E-state index contributed by atoms with van der Waals surface area (Å²) < 4.78 is 0. The summed E-state index contributed by atoms with van der Waals surface area (Å²) in [4.78, 5) is 67.7. The van der Waals surface area contributed by atoms with Gasteiger partial charge in [-0.15, -0.1) is 0 Å². The van der Waals surface area contributed by atoms with Crippen LogP contribution in [0, 0.1) is 0 Å². The molecule has 53 heavy (non-hydrogen) atoms. The van der Waals surface area contributed by atoms with Gasteiger partial charge in [0, 0.05) is 86.7 Å². The molecule has 5 heterocycles. The van der Waals surface area contributed by atoms with Crippen molar-refractivity contribution in [2.24, 2.45) is 0 Å². The Morgan fingerprint density at radius 3 is 0.491 bits per heavy atom. The first-order valence-corrected chi connectivity index (χ1v) is 12.1. The average Bonchev–Trinajstić information content (AvgIpc) is 3.08. The van der Waals surface area contributed by atoms with Gasteiger partial charge in [0.15, 0.2) is 0 Å². The number of pyridine rings is 5. The van der Waals surface area contributed by atoms with E-state index < -0.39 is 29.8 Å². The molecule has 285 valence electrons. The second-order valence-electron chi connectivity index (χ2n) is 7.51. The predicted octanol–water partition coefficient (Wildman–Crippen LogP) is -3.38. The Kier molecular flexibility index (Phi) is 49.1. The number of carbonyl (C=O) groups is 5. The van der Waals surface area contributed by atoms with Gasteiger partial charge in [-0.05, 0) is 60.7 Å². The number of rotatable bonds is 5. The summed E-state index contributed by atoms with van der Waals surface area (Å²) in [6.07, 6.45) is 7.04. The van der Waals surface area contributed by atoms with Crippen LogP contribution in [0.5, 0.6) is 0 Å². The van der Waals surface area contributed by atoms with Gasteiger partial charge in [0.2, 0.25) is 0 Å². The molecule has 0 fully saturated rings. The number of carbonyl (C=O) groups excluding carboxylic acids is 5. The molecular formula is C30H20N5O15V3-15. The summed E-state index contributed by atoms with van der Waals surface area (Å²) in [7, 11) is 0. The number of aromatic carboxylic acids is 5. The number of carboxylic acids is 5. The molecule has 0 aromatic carbocycles. The van der Waals surface area contributed by atoms with Gasteiger partial charge in [0.25, 0.3) is 0 Å². The molecule has 0 unspecified atom stereocenters. The standard InChI is InChI=1S/5C6H5NO2.5O.3V/c5*8-6(9)5-3-1-2-4-7-5;;;;;;;;/h5*1-4H,(H,8,9);;;;;;;;/q;;;;;5*-2;;;/p-5. The zero-order valence-corrected chi connectivity index (χ0v) is 30.4. The van der Waals surface area contributed by atoms with E-state index in [9.17, 15) is 49.5 Å². The molecule has 0 amide bonds. The van der Waals surface area contributed by atoms with Crippen LogP contribution in [-0.4, -0.2) is 54.8 Å². The fourth-order valence-corrected chi connectivity index (χ4v) is 2.42. The quantitative estimate of drug-likeness (QED) is 0.167. The maximum absolute atomic E-state index is 10.0. The normalized spacial score (nSPS) is 7.55. The van der Waals surface area contributed by atoms with Crippen LogP contribution in [0.25, 0.3) is 0 Å². The molecule has 0 saturated carbocycles. The van der Waals surface area contributed by atoms with Gasteiger partial charge in [0.1, 0.15) is 0 Å². The molecule has 3 radical (unpaired) electrons. The summed E-state index contributed by atoms with van der Waals surface area (Å²) >= 11 is 0. The van der Waals surface area contributed by atoms with Gasteiger partial charge in [-0.25, -0.2) is 0 Å². The Balaban J connectivity index is -0.0000000767. The van der Waals surface area contributed by atoms with Crippen molar-refractivity contribution in [3.05, 3.63) is 150 Å². The molecule has 0 spiro atoms. The molecule has 0 aliphatic carbocycles. The largest absolute Gasteiger partial charge is 2.00 e. The van der Waals surface area contributed by atoms with Crippen molar-refractivity contribution >= 4 is 29.8 Å². The number of aromatic nitrogens is 5. The summed E-state index contributed by atoms with van der Waals surface area (Å²) in [6.45, 7) is 0. The van der Waals surface area contributed by atoms with Crippen molar-refractivity contribution in [2.75, 3.05) is 0 Å². The van der Waals surface area contributed by atoms with Gasteiger partial charge >= 0.3 is 0 Å². The summed E-state index contributed by atoms with van der Waals surface area (Å²) in [5.41, 5.74) is -0.150. The number of hydrogen-bond donors (Lipinski definition) is 0. The smallest absolute Gasteiger partial charge is 0.0899 e. The Bertz CT molecular complexity index is 1350. The van der Waals surface area contributed by atoms with Gasteiger partial charge in [-0.1, -0.05) is 30.3 Å². The Labute approximate surface area is 336 Å². The molecule has 0 aliphatic rings. The van der Waals surface area contributed by atoms with Gasteiger partial charge in [-0.2, -0.15) is 0 Å². The van der Waals surface area contributed by atoms with E-state index in [1.807, 2.05) is 0 Å². The first-order chi connectivity index (χ1) is 21.5. The van der Waals surface area contributed by atoms with E-state index >= 15 is 0 Å². The van der Waals surface area contributed by atoms with Crippen LogP contribution in [0.15, 0.2) is 122 Å². The van der Waals surface area contributed by atoms with Gasteiger partial charge in [-0.3, -0.25) is 24.9 Å². The first kappa shape index (κ1) is 66.0. The van der Waals surface area contributed by atoms with Crippen LogP contribution in [0.3, 0.4) is 0 Å². The molecule has 0 saturated heterocycles. The van der Waals surface area contributed by atoms with E-state index in [2.05, 4.69) is 24.9 Å². The molecule has 0 N–H and O–H groups in total.